The Morgan fingerprint density at radius 3 is 1.96 bits per heavy atom. The lowest BCUT2D eigenvalue weighted by Gasteiger charge is -2.31. The Hall–Kier alpha value is -3.40. The standard InChI is InChI=1S/C23H18N2O2/c1-15-21(23(26)25(24-15)16-9-3-2-4-10-16)22-17-11-5-7-13-19(17)27-20-14-8-6-12-18(20)22/h2-14,21-22H,1H3/t21-/m1/s1. The molecule has 3 aromatic carbocycles. The van der Waals surface area contributed by atoms with Crippen LogP contribution in [0.5, 0.6) is 11.5 Å². The second kappa shape index (κ2) is 6.09. The molecule has 0 aromatic heterocycles. The zero-order chi connectivity index (χ0) is 18.4. The number of carbonyl (C=O) groups excluding carboxylic acids is 1. The quantitative estimate of drug-likeness (QED) is 0.652. The molecule has 0 saturated carbocycles. The van der Waals surface area contributed by atoms with Crippen LogP contribution in [0.4, 0.5) is 5.69 Å². The van der Waals surface area contributed by atoms with Crippen LogP contribution in [-0.4, -0.2) is 11.6 Å². The maximum atomic E-state index is 13.4. The first kappa shape index (κ1) is 15.8. The van der Waals surface area contributed by atoms with E-state index in [0.717, 1.165) is 34.0 Å². The van der Waals surface area contributed by atoms with E-state index in [9.17, 15) is 4.79 Å². The Bertz CT molecular complexity index is 1010. The normalized spacial score (nSPS) is 18.6. The number of anilines is 1. The molecule has 27 heavy (non-hydrogen) atoms. The predicted molar refractivity (Wildman–Crippen MR) is 105 cm³/mol. The monoisotopic (exact) mass is 354 g/mol. The molecule has 0 radical (unpaired) electrons. The first-order chi connectivity index (χ1) is 13.2. The molecule has 1 atom stereocenters. The smallest absolute Gasteiger partial charge is 0.257 e. The van der Waals surface area contributed by atoms with Crippen molar-refractivity contribution in [3.8, 4) is 11.5 Å². The maximum Gasteiger partial charge on any atom is 0.257 e. The third-order valence-electron chi connectivity index (χ3n) is 5.24. The van der Waals surface area contributed by atoms with Gasteiger partial charge in [-0.25, -0.2) is 5.01 Å². The van der Waals surface area contributed by atoms with Crippen LogP contribution in [0, 0.1) is 5.92 Å². The van der Waals surface area contributed by atoms with Crippen molar-refractivity contribution in [2.24, 2.45) is 11.0 Å². The summed E-state index contributed by atoms with van der Waals surface area (Å²) < 4.78 is 6.08. The first-order valence-electron chi connectivity index (χ1n) is 9.04. The third kappa shape index (κ3) is 2.45. The molecule has 1 amide bonds. The van der Waals surface area contributed by atoms with Crippen LogP contribution in [0.2, 0.25) is 0 Å². The molecule has 0 aliphatic carbocycles. The Balaban J connectivity index is 1.63. The molecule has 0 N–H and O–H groups in total. The van der Waals surface area contributed by atoms with Crippen molar-refractivity contribution in [1.82, 2.24) is 0 Å². The van der Waals surface area contributed by atoms with Gasteiger partial charge in [-0.05, 0) is 31.2 Å². The van der Waals surface area contributed by atoms with Gasteiger partial charge in [0.05, 0.1) is 11.6 Å². The van der Waals surface area contributed by atoms with Crippen LogP contribution in [0.3, 0.4) is 0 Å². The summed E-state index contributed by atoms with van der Waals surface area (Å²) >= 11 is 0. The summed E-state index contributed by atoms with van der Waals surface area (Å²) in [6.07, 6.45) is 0. The molecule has 0 spiro atoms. The number of ether oxygens (including phenoxy) is 1. The van der Waals surface area contributed by atoms with E-state index in [1.165, 1.54) is 5.01 Å². The minimum atomic E-state index is -0.351. The van der Waals surface area contributed by atoms with Crippen molar-refractivity contribution in [2.75, 3.05) is 5.01 Å². The third-order valence-corrected chi connectivity index (χ3v) is 5.24. The van der Waals surface area contributed by atoms with Crippen LogP contribution < -0.4 is 9.75 Å². The predicted octanol–water partition coefficient (Wildman–Crippen LogP) is 4.96. The molecule has 132 valence electrons. The molecule has 2 aliphatic heterocycles. The van der Waals surface area contributed by atoms with Crippen LogP contribution in [0.1, 0.15) is 24.0 Å². The van der Waals surface area contributed by atoms with Gasteiger partial charge in [-0.15, -0.1) is 0 Å². The van der Waals surface area contributed by atoms with Crippen molar-refractivity contribution in [3.63, 3.8) is 0 Å². The van der Waals surface area contributed by atoms with Crippen LogP contribution in [0.25, 0.3) is 0 Å². The summed E-state index contributed by atoms with van der Waals surface area (Å²) in [5.74, 6) is 1.14. The lowest BCUT2D eigenvalue weighted by Crippen LogP contribution is -2.33. The van der Waals surface area contributed by atoms with E-state index in [1.54, 1.807) is 0 Å². The Morgan fingerprint density at radius 1 is 0.778 bits per heavy atom. The summed E-state index contributed by atoms with van der Waals surface area (Å²) in [6.45, 7) is 1.94. The number of carbonyl (C=O) groups is 1. The summed E-state index contributed by atoms with van der Waals surface area (Å²) in [4.78, 5) is 13.4. The number of rotatable bonds is 2. The highest BCUT2D eigenvalue weighted by atomic mass is 16.5. The molecular formula is C23H18N2O2. The highest BCUT2D eigenvalue weighted by molar-refractivity contribution is 6.15. The molecule has 0 saturated heterocycles. The minimum Gasteiger partial charge on any atom is -0.457 e. The number of benzene rings is 3. The Morgan fingerprint density at radius 2 is 1.33 bits per heavy atom. The zero-order valence-electron chi connectivity index (χ0n) is 14.9. The van der Waals surface area contributed by atoms with E-state index in [1.807, 2.05) is 85.8 Å². The number of fused-ring (bicyclic) bond motifs is 2. The zero-order valence-corrected chi connectivity index (χ0v) is 14.9. The molecule has 0 bridgehead atoms. The van der Waals surface area contributed by atoms with Crippen LogP contribution >= 0.6 is 0 Å². The average Bonchev–Trinajstić information content (AvgIpc) is 3.01. The van der Waals surface area contributed by atoms with E-state index >= 15 is 0 Å². The Labute approximate surface area is 157 Å². The molecule has 4 heteroatoms. The number of amides is 1. The number of para-hydroxylation sites is 3. The van der Waals surface area contributed by atoms with Gasteiger partial charge >= 0.3 is 0 Å². The Kier molecular flexibility index (Phi) is 3.57. The van der Waals surface area contributed by atoms with Gasteiger partial charge in [0.15, 0.2) is 0 Å². The highest BCUT2D eigenvalue weighted by Gasteiger charge is 2.44. The molecule has 3 aromatic rings. The van der Waals surface area contributed by atoms with Gasteiger partial charge < -0.3 is 4.74 Å². The number of hydrogen-bond acceptors (Lipinski definition) is 3. The fourth-order valence-electron chi connectivity index (χ4n) is 4.02. The molecule has 4 nitrogen and oxygen atoms in total. The van der Waals surface area contributed by atoms with Gasteiger partial charge in [-0.3, -0.25) is 4.79 Å². The SMILES string of the molecule is CC1=NN(c2ccccc2)C(=O)[C@H]1C1c2ccccc2Oc2ccccc21. The lowest BCUT2D eigenvalue weighted by atomic mass is 9.76. The second-order valence-electron chi connectivity index (χ2n) is 6.86. The number of nitrogens with zero attached hydrogens (tertiary/aromatic N) is 2. The molecular weight excluding hydrogens is 336 g/mol. The summed E-state index contributed by atoms with van der Waals surface area (Å²) in [7, 11) is 0. The van der Waals surface area contributed by atoms with Gasteiger partial charge in [0.25, 0.3) is 5.91 Å². The fraction of sp³-hybridized carbons (Fsp3) is 0.130. The van der Waals surface area contributed by atoms with Gasteiger partial charge in [0, 0.05) is 22.8 Å². The molecule has 5 rings (SSSR count). The van der Waals surface area contributed by atoms with E-state index < -0.39 is 0 Å². The van der Waals surface area contributed by atoms with Crippen molar-refractivity contribution in [1.29, 1.82) is 0 Å². The first-order valence-corrected chi connectivity index (χ1v) is 9.04. The van der Waals surface area contributed by atoms with E-state index in [0.29, 0.717) is 0 Å². The van der Waals surface area contributed by atoms with Crippen LogP contribution in [-0.2, 0) is 4.79 Å². The van der Waals surface area contributed by atoms with Crippen molar-refractivity contribution < 1.29 is 9.53 Å². The van der Waals surface area contributed by atoms with E-state index in [2.05, 4.69) is 5.10 Å². The largest absolute Gasteiger partial charge is 0.457 e. The summed E-state index contributed by atoms with van der Waals surface area (Å²) in [5.41, 5.74) is 3.66. The molecule has 2 aliphatic rings. The number of hydrogen-bond donors (Lipinski definition) is 0. The van der Waals surface area contributed by atoms with Crippen molar-refractivity contribution in [3.05, 3.63) is 90.0 Å². The lowest BCUT2D eigenvalue weighted by molar-refractivity contribution is -0.120. The van der Waals surface area contributed by atoms with E-state index in [-0.39, 0.29) is 17.7 Å². The topological polar surface area (TPSA) is 41.9 Å². The minimum absolute atomic E-state index is 0.00444. The molecule has 2 heterocycles. The van der Waals surface area contributed by atoms with Gasteiger partial charge in [0.2, 0.25) is 0 Å². The van der Waals surface area contributed by atoms with Crippen molar-refractivity contribution in [2.45, 2.75) is 12.8 Å². The maximum absolute atomic E-state index is 13.4. The molecule has 0 fully saturated rings. The highest BCUT2D eigenvalue weighted by Crippen LogP contribution is 2.49. The summed E-state index contributed by atoms with van der Waals surface area (Å²) in [5, 5.41) is 6.13. The molecule has 0 unspecified atom stereocenters. The van der Waals surface area contributed by atoms with Crippen LogP contribution in [0.15, 0.2) is 84.0 Å². The summed E-state index contributed by atoms with van der Waals surface area (Å²) in [6, 6.07) is 25.5. The van der Waals surface area contributed by atoms with Gasteiger partial charge in [-0.2, -0.15) is 5.10 Å². The van der Waals surface area contributed by atoms with E-state index in [4.69, 9.17) is 4.74 Å². The average molecular weight is 354 g/mol. The van der Waals surface area contributed by atoms with Gasteiger partial charge in [-0.1, -0.05) is 54.6 Å². The second-order valence-corrected chi connectivity index (χ2v) is 6.86. The number of hydrazone groups is 1. The van der Waals surface area contributed by atoms with Crippen molar-refractivity contribution >= 4 is 17.3 Å². The fourth-order valence-corrected chi connectivity index (χ4v) is 4.02. The van der Waals surface area contributed by atoms with Gasteiger partial charge in [0.1, 0.15) is 11.5 Å².